The van der Waals surface area contributed by atoms with Crippen LogP contribution < -0.4 is 10.6 Å². The van der Waals surface area contributed by atoms with E-state index < -0.39 is 0 Å². The second-order valence-electron chi connectivity index (χ2n) is 4.81. The van der Waals surface area contributed by atoms with Gasteiger partial charge in [-0.05, 0) is 43.0 Å². The van der Waals surface area contributed by atoms with Crippen molar-refractivity contribution < 1.29 is 4.39 Å². The maximum Gasteiger partial charge on any atom is 0.126 e. The fourth-order valence-corrected chi connectivity index (χ4v) is 2.22. The fraction of sp³-hybridized carbons (Fsp3) is 0.538. The van der Waals surface area contributed by atoms with Crippen molar-refractivity contribution >= 4 is 5.69 Å². The van der Waals surface area contributed by atoms with Gasteiger partial charge in [0, 0.05) is 24.8 Å². The molecule has 16 heavy (non-hydrogen) atoms. The Hall–Kier alpha value is -1.09. The third-order valence-electron chi connectivity index (χ3n) is 3.48. The van der Waals surface area contributed by atoms with Crippen molar-refractivity contribution in [1.82, 2.24) is 0 Å². The van der Waals surface area contributed by atoms with Gasteiger partial charge in [-0.25, -0.2) is 4.39 Å². The Balaban J connectivity index is 2.15. The predicted octanol–water partition coefficient (Wildman–Crippen LogP) is 2.31. The van der Waals surface area contributed by atoms with E-state index in [0.29, 0.717) is 17.5 Å². The first-order valence-electron chi connectivity index (χ1n) is 5.84. The lowest BCUT2D eigenvalue weighted by atomic mass is 9.94. The van der Waals surface area contributed by atoms with E-state index in [1.807, 2.05) is 12.1 Å². The van der Waals surface area contributed by atoms with Crippen LogP contribution in [-0.4, -0.2) is 19.1 Å². The van der Waals surface area contributed by atoms with Crippen molar-refractivity contribution in [2.24, 2.45) is 11.7 Å². The maximum absolute atomic E-state index is 13.2. The van der Waals surface area contributed by atoms with Gasteiger partial charge >= 0.3 is 0 Å². The zero-order valence-electron chi connectivity index (χ0n) is 9.91. The largest absolute Gasteiger partial charge is 0.371 e. The van der Waals surface area contributed by atoms with Gasteiger partial charge in [0.05, 0.1) is 0 Å². The molecule has 1 aromatic rings. The molecule has 0 spiro atoms. The highest BCUT2D eigenvalue weighted by Crippen LogP contribution is 2.24. The lowest BCUT2D eigenvalue weighted by Crippen LogP contribution is -2.46. The van der Waals surface area contributed by atoms with Gasteiger partial charge < -0.3 is 10.6 Å². The van der Waals surface area contributed by atoms with E-state index in [1.165, 1.54) is 0 Å². The molecule has 0 radical (unpaired) electrons. The Bertz CT molecular complexity index is 378. The molecular weight excluding hydrogens is 203 g/mol. The Kier molecular flexibility index (Phi) is 3.15. The van der Waals surface area contributed by atoms with E-state index >= 15 is 0 Å². The highest BCUT2D eigenvalue weighted by Gasteiger charge is 2.23. The third kappa shape index (κ3) is 2.19. The summed E-state index contributed by atoms with van der Waals surface area (Å²) in [5, 5.41) is 0. The standard InChI is InChI=1S/C13H19FN2/c1-9-7-11(3-4-12(9)14)16-6-5-13(15)10(2)8-16/h3-4,7,10,13H,5-6,8,15H2,1-2H3. The molecule has 1 saturated heterocycles. The number of nitrogens with two attached hydrogens (primary N) is 1. The molecule has 3 heteroatoms. The molecule has 1 heterocycles. The summed E-state index contributed by atoms with van der Waals surface area (Å²) in [6.45, 7) is 5.91. The minimum Gasteiger partial charge on any atom is -0.371 e. The zero-order valence-corrected chi connectivity index (χ0v) is 9.91. The molecule has 0 amide bonds. The summed E-state index contributed by atoms with van der Waals surface area (Å²) >= 11 is 0. The van der Waals surface area contributed by atoms with Crippen LogP contribution in [0.2, 0.25) is 0 Å². The summed E-state index contributed by atoms with van der Waals surface area (Å²) in [7, 11) is 0. The molecule has 2 atom stereocenters. The van der Waals surface area contributed by atoms with E-state index in [9.17, 15) is 4.39 Å². The van der Waals surface area contributed by atoms with Gasteiger partial charge in [0.15, 0.2) is 0 Å². The topological polar surface area (TPSA) is 29.3 Å². The van der Waals surface area contributed by atoms with Gasteiger partial charge in [-0.1, -0.05) is 6.92 Å². The minimum absolute atomic E-state index is 0.134. The van der Waals surface area contributed by atoms with Crippen LogP contribution in [0.25, 0.3) is 0 Å². The number of hydrogen-bond acceptors (Lipinski definition) is 2. The normalized spacial score (nSPS) is 25.9. The number of hydrogen-bond donors (Lipinski definition) is 1. The Morgan fingerprint density at radius 3 is 2.81 bits per heavy atom. The highest BCUT2D eigenvalue weighted by molar-refractivity contribution is 5.49. The van der Waals surface area contributed by atoms with Gasteiger partial charge in [0.2, 0.25) is 0 Å². The Labute approximate surface area is 96.2 Å². The molecular formula is C13H19FN2. The monoisotopic (exact) mass is 222 g/mol. The second-order valence-corrected chi connectivity index (χ2v) is 4.81. The third-order valence-corrected chi connectivity index (χ3v) is 3.48. The van der Waals surface area contributed by atoms with Gasteiger partial charge in [0.1, 0.15) is 5.82 Å². The molecule has 2 unspecified atom stereocenters. The summed E-state index contributed by atoms with van der Waals surface area (Å²) in [5.41, 5.74) is 7.80. The Morgan fingerprint density at radius 2 is 2.19 bits per heavy atom. The first kappa shape index (κ1) is 11.4. The number of nitrogens with zero attached hydrogens (tertiary/aromatic N) is 1. The molecule has 2 rings (SSSR count). The molecule has 88 valence electrons. The molecule has 1 aliphatic heterocycles. The number of rotatable bonds is 1. The fourth-order valence-electron chi connectivity index (χ4n) is 2.22. The molecule has 0 bridgehead atoms. The van der Waals surface area contributed by atoms with Crippen LogP contribution in [0.4, 0.5) is 10.1 Å². The molecule has 1 fully saturated rings. The second kappa shape index (κ2) is 4.42. The Morgan fingerprint density at radius 1 is 1.44 bits per heavy atom. The van der Waals surface area contributed by atoms with Crippen LogP contribution in [0.15, 0.2) is 18.2 Å². The van der Waals surface area contributed by atoms with E-state index in [1.54, 1.807) is 13.0 Å². The van der Waals surface area contributed by atoms with E-state index in [4.69, 9.17) is 5.73 Å². The van der Waals surface area contributed by atoms with Crippen molar-refractivity contribution in [2.75, 3.05) is 18.0 Å². The quantitative estimate of drug-likeness (QED) is 0.790. The lowest BCUT2D eigenvalue weighted by Gasteiger charge is -2.36. The van der Waals surface area contributed by atoms with E-state index in [-0.39, 0.29) is 5.82 Å². The average molecular weight is 222 g/mol. The van der Waals surface area contributed by atoms with Crippen LogP contribution >= 0.6 is 0 Å². The summed E-state index contributed by atoms with van der Waals surface area (Å²) < 4.78 is 13.2. The molecule has 0 aliphatic carbocycles. The van der Waals surface area contributed by atoms with Crippen LogP contribution in [0.5, 0.6) is 0 Å². The molecule has 1 aliphatic rings. The van der Waals surface area contributed by atoms with Crippen LogP contribution in [0, 0.1) is 18.7 Å². The number of benzene rings is 1. The first-order valence-corrected chi connectivity index (χ1v) is 5.84. The highest BCUT2D eigenvalue weighted by atomic mass is 19.1. The van der Waals surface area contributed by atoms with Gasteiger partial charge in [0.25, 0.3) is 0 Å². The van der Waals surface area contributed by atoms with Crippen molar-refractivity contribution in [3.05, 3.63) is 29.6 Å². The van der Waals surface area contributed by atoms with Crippen molar-refractivity contribution in [3.63, 3.8) is 0 Å². The predicted molar refractivity (Wildman–Crippen MR) is 65.1 cm³/mol. The van der Waals surface area contributed by atoms with E-state index in [2.05, 4.69) is 11.8 Å². The van der Waals surface area contributed by atoms with Gasteiger partial charge in [-0.2, -0.15) is 0 Å². The zero-order chi connectivity index (χ0) is 11.7. The molecule has 0 aromatic heterocycles. The number of halogens is 1. The summed E-state index contributed by atoms with van der Waals surface area (Å²) in [4.78, 5) is 2.29. The lowest BCUT2D eigenvalue weighted by molar-refractivity contribution is 0.383. The van der Waals surface area contributed by atoms with Gasteiger partial charge in [-0.15, -0.1) is 0 Å². The summed E-state index contributed by atoms with van der Waals surface area (Å²) in [6.07, 6.45) is 1.01. The smallest absolute Gasteiger partial charge is 0.126 e. The maximum atomic E-state index is 13.2. The van der Waals surface area contributed by atoms with Crippen LogP contribution in [-0.2, 0) is 0 Å². The van der Waals surface area contributed by atoms with Gasteiger partial charge in [-0.3, -0.25) is 0 Å². The number of piperidine rings is 1. The van der Waals surface area contributed by atoms with Crippen LogP contribution in [0.3, 0.4) is 0 Å². The van der Waals surface area contributed by atoms with Crippen LogP contribution in [0.1, 0.15) is 18.9 Å². The van der Waals surface area contributed by atoms with E-state index in [0.717, 1.165) is 25.2 Å². The van der Waals surface area contributed by atoms with Crippen molar-refractivity contribution in [1.29, 1.82) is 0 Å². The first-order chi connectivity index (χ1) is 7.58. The molecule has 2 nitrogen and oxygen atoms in total. The molecule has 0 saturated carbocycles. The average Bonchev–Trinajstić information content (AvgIpc) is 2.26. The molecule has 1 aromatic carbocycles. The minimum atomic E-state index is -0.134. The SMILES string of the molecule is Cc1cc(N2CCC(N)C(C)C2)ccc1F. The summed E-state index contributed by atoms with van der Waals surface area (Å²) in [6, 6.07) is 5.62. The number of anilines is 1. The summed E-state index contributed by atoms with van der Waals surface area (Å²) in [5.74, 6) is 0.365. The molecule has 2 N–H and O–H groups in total. The van der Waals surface area contributed by atoms with Crippen molar-refractivity contribution in [2.45, 2.75) is 26.3 Å². The van der Waals surface area contributed by atoms with Crippen molar-refractivity contribution in [3.8, 4) is 0 Å². The number of aryl methyl sites for hydroxylation is 1.